The van der Waals surface area contributed by atoms with Gasteiger partial charge in [0.05, 0.1) is 0 Å². The normalized spacial score (nSPS) is 13.4. The summed E-state index contributed by atoms with van der Waals surface area (Å²) in [5.74, 6) is -0.435. The van der Waals surface area contributed by atoms with Gasteiger partial charge in [-0.15, -0.1) is 0 Å². The molecule has 2 N–H and O–H groups in total. The summed E-state index contributed by atoms with van der Waals surface area (Å²) in [6, 6.07) is 16.8. The Morgan fingerprint density at radius 3 is 2.33 bits per heavy atom. The molecule has 2 rings (SSSR count). The van der Waals surface area contributed by atoms with Crippen LogP contribution in [0.15, 0.2) is 70.1 Å². The standard InChI is InChI=1S/C18H14BrCl3N3OSe/c19-13-7-9-14(10-8-13)23-17(27)25-16(18(20,21)22)24-15(26)11-6-12-4-2-1-3-5-12/h1-11,16H,(H,23,25)(H,24,26)/b11-6+. The molecule has 0 spiro atoms. The Balaban J connectivity index is 2.06. The zero-order chi connectivity index (χ0) is 19.9. The molecule has 2 aromatic carbocycles. The molecule has 0 bridgehead atoms. The zero-order valence-corrected chi connectivity index (χ0v) is 19.3. The van der Waals surface area contributed by atoms with E-state index < -0.39 is 15.9 Å². The third-order valence-corrected chi connectivity index (χ3v) is 4.74. The number of rotatable bonds is 5. The second-order valence-electron chi connectivity index (χ2n) is 5.26. The minimum atomic E-state index is -1.83. The number of amidine groups is 1. The number of carbonyl (C=O) groups excluding carboxylic acids is 1. The molecule has 0 aliphatic carbocycles. The van der Waals surface area contributed by atoms with Crippen molar-refractivity contribution in [3.8, 4) is 0 Å². The van der Waals surface area contributed by atoms with E-state index in [2.05, 4.69) is 47.6 Å². The fourth-order valence-corrected chi connectivity index (χ4v) is 2.96. The van der Waals surface area contributed by atoms with Crippen LogP contribution < -0.4 is 10.6 Å². The summed E-state index contributed by atoms with van der Waals surface area (Å²) in [7, 11) is 0. The number of nitrogens with one attached hydrogen (secondary N) is 2. The van der Waals surface area contributed by atoms with Crippen molar-refractivity contribution >= 4 is 89.2 Å². The number of nitrogens with zero attached hydrogens (tertiary/aromatic N) is 1. The van der Waals surface area contributed by atoms with Crippen molar-refractivity contribution in [3.05, 3.63) is 70.7 Å². The van der Waals surface area contributed by atoms with Crippen LogP contribution in [-0.4, -0.2) is 36.6 Å². The maximum absolute atomic E-state index is 12.2. The second kappa shape index (κ2) is 10.5. The minimum absolute atomic E-state index is 0.362. The van der Waals surface area contributed by atoms with Crippen molar-refractivity contribution < 1.29 is 4.79 Å². The number of amides is 1. The van der Waals surface area contributed by atoms with Gasteiger partial charge in [-0.25, -0.2) is 0 Å². The Kier molecular flexibility index (Phi) is 8.67. The van der Waals surface area contributed by atoms with Crippen LogP contribution in [0.25, 0.3) is 6.08 Å². The Hall–Kier alpha value is -1.01. The molecule has 4 nitrogen and oxygen atoms in total. The summed E-state index contributed by atoms with van der Waals surface area (Å²) >= 11 is 24.0. The molecule has 1 amide bonds. The fraction of sp³-hybridized carbons (Fsp3) is 0.111. The van der Waals surface area contributed by atoms with Gasteiger partial charge < -0.3 is 0 Å². The van der Waals surface area contributed by atoms with Crippen LogP contribution in [0.5, 0.6) is 0 Å². The van der Waals surface area contributed by atoms with Gasteiger partial charge in [-0.1, -0.05) is 0 Å². The average molecular weight is 554 g/mol. The van der Waals surface area contributed by atoms with Crippen LogP contribution in [0.3, 0.4) is 0 Å². The van der Waals surface area contributed by atoms with Gasteiger partial charge >= 0.3 is 190 Å². The molecule has 9 heteroatoms. The molecule has 1 unspecified atom stereocenters. The van der Waals surface area contributed by atoms with E-state index in [0.29, 0.717) is 4.73 Å². The Labute approximate surface area is 189 Å². The molecular weight excluding hydrogens is 539 g/mol. The van der Waals surface area contributed by atoms with Gasteiger partial charge in [-0.05, 0) is 0 Å². The van der Waals surface area contributed by atoms with Crippen LogP contribution in [0.4, 0.5) is 5.69 Å². The second-order valence-corrected chi connectivity index (χ2v) is 9.36. The van der Waals surface area contributed by atoms with Gasteiger partial charge in [0.15, 0.2) is 0 Å². The SMILES string of the molecule is O=C(/C=C/c1ccccc1)NC(N=C([Se])Nc1ccc(Br)cc1)C(Cl)(Cl)Cl. The summed E-state index contributed by atoms with van der Waals surface area (Å²) in [5.41, 5.74) is 1.66. The number of aliphatic imine (C=N–C) groups is 1. The van der Waals surface area contributed by atoms with Crippen molar-refractivity contribution in [2.24, 2.45) is 4.99 Å². The first-order chi connectivity index (χ1) is 12.7. The number of halogens is 4. The molecule has 1 atom stereocenters. The van der Waals surface area contributed by atoms with Crippen molar-refractivity contribution in [2.75, 3.05) is 5.32 Å². The Morgan fingerprint density at radius 1 is 1.11 bits per heavy atom. The van der Waals surface area contributed by atoms with Crippen LogP contribution in [0, 0.1) is 0 Å². The number of hydrogen-bond donors (Lipinski definition) is 2. The van der Waals surface area contributed by atoms with Gasteiger partial charge in [0.25, 0.3) is 0 Å². The van der Waals surface area contributed by atoms with Gasteiger partial charge in [0.1, 0.15) is 0 Å². The fourth-order valence-electron chi connectivity index (χ4n) is 1.91. The molecule has 0 heterocycles. The third-order valence-electron chi connectivity index (χ3n) is 3.16. The number of benzene rings is 2. The number of anilines is 1. The summed E-state index contributed by atoms with van der Waals surface area (Å²) < 4.78 is -0.517. The van der Waals surface area contributed by atoms with E-state index in [0.717, 1.165) is 15.7 Å². The molecule has 0 fully saturated rings. The summed E-state index contributed by atoms with van der Waals surface area (Å²) in [5, 5.41) is 5.61. The molecular formula is C18H14BrCl3N3OSe. The number of hydrogen-bond acceptors (Lipinski definition) is 2. The zero-order valence-electron chi connectivity index (χ0n) is 13.7. The van der Waals surface area contributed by atoms with Crippen molar-refractivity contribution in [2.45, 2.75) is 9.96 Å². The Morgan fingerprint density at radius 2 is 1.74 bits per heavy atom. The molecule has 2 aromatic rings. The topological polar surface area (TPSA) is 53.5 Å². The average Bonchev–Trinajstić information content (AvgIpc) is 2.61. The predicted molar refractivity (Wildman–Crippen MR) is 119 cm³/mol. The van der Waals surface area contributed by atoms with Crippen LogP contribution in [0.1, 0.15) is 5.56 Å². The summed E-state index contributed by atoms with van der Waals surface area (Å²) in [6.45, 7) is 0. The molecule has 0 saturated carbocycles. The van der Waals surface area contributed by atoms with Crippen LogP contribution >= 0.6 is 50.7 Å². The number of carbonyl (C=O) groups is 1. The molecule has 0 aliphatic heterocycles. The van der Waals surface area contributed by atoms with Crippen LogP contribution in [0.2, 0.25) is 0 Å². The molecule has 141 valence electrons. The number of alkyl halides is 3. The predicted octanol–water partition coefficient (Wildman–Crippen LogP) is 4.91. The van der Waals surface area contributed by atoms with E-state index in [9.17, 15) is 4.79 Å². The molecule has 0 aliphatic rings. The summed E-state index contributed by atoms with van der Waals surface area (Å²) in [6.07, 6.45) is 1.93. The van der Waals surface area contributed by atoms with Gasteiger partial charge in [0.2, 0.25) is 0 Å². The first kappa shape index (κ1) is 22.3. The van der Waals surface area contributed by atoms with E-state index in [4.69, 9.17) is 34.8 Å². The summed E-state index contributed by atoms with van der Waals surface area (Å²) in [4.78, 5) is 16.4. The quantitative estimate of drug-likeness (QED) is 0.182. The van der Waals surface area contributed by atoms with Crippen molar-refractivity contribution in [1.29, 1.82) is 0 Å². The first-order valence-electron chi connectivity index (χ1n) is 7.62. The molecule has 0 saturated heterocycles. The Bertz CT molecular complexity index is 824. The van der Waals surface area contributed by atoms with Crippen molar-refractivity contribution in [1.82, 2.24) is 5.32 Å². The molecule has 0 aromatic heterocycles. The molecule has 27 heavy (non-hydrogen) atoms. The first-order valence-corrected chi connectivity index (χ1v) is 10.4. The van der Waals surface area contributed by atoms with E-state index in [1.54, 1.807) is 6.08 Å². The van der Waals surface area contributed by atoms with E-state index >= 15 is 0 Å². The third kappa shape index (κ3) is 8.26. The molecule has 1 radical (unpaired) electrons. The van der Waals surface area contributed by atoms with Gasteiger partial charge in [-0.2, -0.15) is 0 Å². The monoisotopic (exact) mass is 552 g/mol. The maximum atomic E-state index is 12.2. The van der Waals surface area contributed by atoms with Crippen LogP contribution in [-0.2, 0) is 4.79 Å². The van der Waals surface area contributed by atoms with Gasteiger partial charge in [-0.3, -0.25) is 0 Å². The van der Waals surface area contributed by atoms with E-state index in [-0.39, 0.29) is 0 Å². The van der Waals surface area contributed by atoms with Gasteiger partial charge in [0, 0.05) is 0 Å². The van der Waals surface area contributed by atoms with E-state index in [1.165, 1.54) is 6.08 Å². The van der Waals surface area contributed by atoms with E-state index in [1.807, 2.05) is 54.6 Å². The van der Waals surface area contributed by atoms with Crippen molar-refractivity contribution in [3.63, 3.8) is 0 Å².